The number of methoxy groups -OCH3 is 1. The molecule has 6 atom stereocenters. The van der Waals surface area contributed by atoms with Gasteiger partial charge in [0.1, 0.15) is 5.75 Å². The Kier molecular flexibility index (Phi) is 4.64. The number of fused-ring (bicyclic) bond motifs is 3. The molecule has 3 aliphatic carbocycles. The van der Waals surface area contributed by atoms with Crippen LogP contribution in [0.25, 0.3) is 0 Å². The summed E-state index contributed by atoms with van der Waals surface area (Å²) >= 11 is 0. The Morgan fingerprint density at radius 2 is 1.77 bits per heavy atom. The molecule has 0 radical (unpaired) electrons. The summed E-state index contributed by atoms with van der Waals surface area (Å²) in [5.74, 6) is 0.773. The SMILES string of the molecule is C=C1C2(C[C@@H]3[C@@H](OCc4ccc(OC)cc4)[C@H]4CC(C)(C)[C@H](O)[C@H]4[C@]13C)OCCO2. The lowest BCUT2D eigenvalue weighted by molar-refractivity contribution is -0.134. The van der Waals surface area contributed by atoms with Crippen LogP contribution >= 0.6 is 0 Å². The minimum atomic E-state index is -0.710. The summed E-state index contributed by atoms with van der Waals surface area (Å²) in [4.78, 5) is 0. The monoisotopic (exact) mass is 414 g/mol. The van der Waals surface area contributed by atoms with Crippen LogP contribution in [-0.4, -0.2) is 43.4 Å². The van der Waals surface area contributed by atoms with Gasteiger partial charge < -0.3 is 24.1 Å². The zero-order valence-corrected chi connectivity index (χ0v) is 18.5. The Balaban J connectivity index is 1.46. The lowest BCUT2D eigenvalue weighted by atomic mass is 9.68. The molecule has 4 aliphatic rings. The Labute approximate surface area is 179 Å². The average molecular weight is 415 g/mol. The highest BCUT2D eigenvalue weighted by molar-refractivity contribution is 5.35. The molecule has 164 valence electrons. The van der Waals surface area contributed by atoms with Crippen molar-refractivity contribution >= 4 is 0 Å². The van der Waals surface area contributed by atoms with Gasteiger partial charge in [0.15, 0.2) is 5.79 Å². The number of aliphatic hydroxyl groups is 1. The minimum Gasteiger partial charge on any atom is -0.497 e. The molecule has 1 aromatic rings. The highest BCUT2D eigenvalue weighted by atomic mass is 16.7. The molecule has 0 unspecified atom stereocenters. The summed E-state index contributed by atoms with van der Waals surface area (Å²) in [6.07, 6.45) is 1.37. The third-order valence-electron chi connectivity index (χ3n) is 8.60. The summed E-state index contributed by atoms with van der Waals surface area (Å²) in [6.45, 7) is 12.8. The Hall–Kier alpha value is -1.40. The zero-order valence-electron chi connectivity index (χ0n) is 18.5. The van der Waals surface area contributed by atoms with Crippen LogP contribution in [0.5, 0.6) is 5.75 Å². The van der Waals surface area contributed by atoms with Crippen molar-refractivity contribution in [3.8, 4) is 5.75 Å². The van der Waals surface area contributed by atoms with Crippen molar-refractivity contribution in [1.82, 2.24) is 0 Å². The van der Waals surface area contributed by atoms with Crippen LogP contribution < -0.4 is 4.74 Å². The summed E-state index contributed by atoms with van der Waals surface area (Å²) in [5.41, 5.74) is 1.73. The molecule has 1 N–H and O–H groups in total. The second kappa shape index (κ2) is 6.80. The average Bonchev–Trinajstić information content (AvgIpc) is 3.40. The number of hydrogen-bond donors (Lipinski definition) is 1. The molecule has 1 spiro atoms. The molecule has 1 heterocycles. The van der Waals surface area contributed by atoms with E-state index in [0.29, 0.717) is 25.7 Å². The second-order valence-corrected chi connectivity index (χ2v) is 10.5. The third kappa shape index (κ3) is 2.68. The third-order valence-corrected chi connectivity index (χ3v) is 8.60. The molecule has 4 fully saturated rings. The van der Waals surface area contributed by atoms with E-state index in [0.717, 1.165) is 29.7 Å². The molecular weight excluding hydrogens is 380 g/mol. The van der Waals surface area contributed by atoms with Gasteiger partial charge in [-0.25, -0.2) is 0 Å². The van der Waals surface area contributed by atoms with Gasteiger partial charge >= 0.3 is 0 Å². The van der Waals surface area contributed by atoms with E-state index in [1.807, 2.05) is 12.1 Å². The molecule has 0 aromatic heterocycles. The minimum absolute atomic E-state index is 0.0439. The first-order valence-corrected chi connectivity index (χ1v) is 11.1. The van der Waals surface area contributed by atoms with Gasteiger partial charge in [-0.2, -0.15) is 0 Å². The zero-order chi connectivity index (χ0) is 21.3. The van der Waals surface area contributed by atoms with Crippen molar-refractivity contribution in [1.29, 1.82) is 0 Å². The largest absolute Gasteiger partial charge is 0.497 e. The van der Waals surface area contributed by atoms with Gasteiger partial charge in [0.2, 0.25) is 0 Å². The quantitative estimate of drug-likeness (QED) is 0.757. The molecule has 5 nitrogen and oxygen atoms in total. The maximum atomic E-state index is 11.4. The Morgan fingerprint density at radius 3 is 2.40 bits per heavy atom. The maximum Gasteiger partial charge on any atom is 0.191 e. The highest BCUT2D eigenvalue weighted by Gasteiger charge is 2.73. The van der Waals surface area contributed by atoms with Gasteiger partial charge in [-0.3, -0.25) is 0 Å². The molecule has 30 heavy (non-hydrogen) atoms. The first-order chi connectivity index (χ1) is 14.2. The predicted octanol–water partition coefficient (Wildman–Crippen LogP) is 3.94. The van der Waals surface area contributed by atoms with E-state index >= 15 is 0 Å². The number of aliphatic hydroxyl groups excluding tert-OH is 1. The molecular formula is C25H34O5. The normalized spacial score (nSPS) is 40.7. The van der Waals surface area contributed by atoms with E-state index in [2.05, 4.69) is 39.5 Å². The second-order valence-electron chi connectivity index (χ2n) is 10.5. The summed E-state index contributed by atoms with van der Waals surface area (Å²) < 4.78 is 24.1. The molecule has 5 heteroatoms. The Morgan fingerprint density at radius 1 is 1.10 bits per heavy atom. The fourth-order valence-corrected chi connectivity index (χ4v) is 7.03. The topological polar surface area (TPSA) is 57.2 Å². The number of ether oxygens (including phenoxy) is 4. The van der Waals surface area contributed by atoms with Crippen molar-refractivity contribution in [2.45, 2.75) is 58.2 Å². The van der Waals surface area contributed by atoms with Crippen LogP contribution in [0.4, 0.5) is 0 Å². The fraction of sp³-hybridized carbons (Fsp3) is 0.680. The van der Waals surface area contributed by atoms with E-state index in [9.17, 15) is 5.11 Å². The lowest BCUT2D eigenvalue weighted by Crippen LogP contribution is -2.40. The van der Waals surface area contributed by atoms with E-state index in [1.54, 1.807) is 7.11 Å². The predicted molar refractivity (Wildman–Crippen MR) is 113 cm³/mol. The van der Waals surface area contributed by atoms with Crippen molar-refractivity contribution in [3.63, 3.8) is 0 Å². The van der Waals surface area contributed by atoms with Crippen molar-refractivity contribution in [2.24, 2.45) is 28.6 Å². The van der Waals surface area contributed by atoms with Crippen LogP contribution in [0.1, 0.15) is 39.2 Å². The Bertz CT molecular complexity index is 824. The summed E-state index contributed by atoms with van der Waals surface area (Å²) in [5, 5.41) is 11.4. The van der Waals surface area contributed by atoms with Crippen molar-refractivity contribution in [2.75, 3.05) is 20.3 Å². The van der Waals surface area contributed by atoms with Crippen LogP contribution in [0.15, 0.2) is 36.4 Å². The highest BCUT2D eigenvalue weighted by Crippen LogP contribution is 2.72. The van der Waals surface area contributed by atoms with Crippen LogP contribution in [0.2, 0.25) is 0 Å². The molecule has 1 aliphatic heterocycles. The smallest absolute Gasteiger partial charge is 0.191 e. The first-order valence-electron chi connectivity index (χ1n) is 11.1. The standard InChI is InChI=1S/C25H34O5/c1-15-24(4)19(13-25(15)29-10-11-30-25)21(18-12-23(2,3)22(26)20(18)24)28-14-16-6-8-17(27-5)9-7-16/h6-9,18-22,26H,1,10-14H2,2-5H3/t18-,19+,20-,21-,22+,24+/m0/s1. The van der Waals surface area contributed by atoms with Gasteiger partial charge in [-0.1, -0.05) is 39.5 Å². The number of rotatable bonds is 4. The number of benzene rings is 1. The summed E-state index contributed by atoms with van der Waals surface area (Å²) in [6, 6.07) is 8.04. The van der Waals surface area contributed by atoms with Crippen molar-refractivity contribution < 1.29 is 24.1 Å². The lowest BCUT2D eigenvalue weighted by Gasteiger charge is -2.39. The van der Waals surface area contributed by atoms with Crippen LogP contribution in [0, 0.1) is 28.6 Å². The molecule has 1 aromatic carbocycles. The van der Waals surface area contributed by atoms with E-state index < -0.39 is 11.9 Å². The molecule has 5 rings (SSSR count). The van der Waals surface area contributed by atoms with Crippen LogP contribution in [-0.2, 0) is 20.8 Å². The van der Waals surface area contributed by atoms with Gasteiger partial charge in [-0.05, 0) is 41.0 Å². The number of hydrogen-bond acceptors (Lipinski definition) is 5. The van der Waals surface area contributed by atoms with Crippen molar-refractivity contribution in [3.05, 3.63) is 42.0 Å². The van der Waals surface area contributed by atoms with Gasteiger partial charge in [0.25, 0.3) is 0 Å². The molecule has 1 saturated heterocycles. The molecule has 0 amide bonds. The summed E-state index contributed by atoms with van der Waals surface area (Å²) in [7, 11) is 1.67. The molecule has 3 saturated carbocycles. The van der Waals surface area contributed by atoms with E-state index in [-0.39, 0.29) is 28.8 Å². The molecule has 0 bridgehead atoms. The maximum absolute atomic E-state index is 11.4. The van der Waals surface area contributed by atoms with Crippen LogP contribution in [0.3, 0.4) is 0 Å². The van der Waals surface area contributed by atoms with Gasteiger partial charge in [-0.15, -0.1) is 0 Å². The van der Waals surface area contributed by atoms with E-state index in [1.165, 1.54) is 0 Å². The van der Waals surface area contributed by atoms with Gasteiger partial charge in [0.05, 0.1) is 39.1 Å². The van der Waals surface area contributed by atoms with Gasteiger partial charge in [0, 0.05) is 23.7 Å². The first kappa shape index (κ1) is 20.5. The van der Waals surface area contributed by atoms with E-state index in [4.69, 9.17) is 18.9 Å². The fourth-order valence-electron chi connectivity index (χ4n) is 7.03.